The summed E-state index contributed by atoms with van der Waals surface area (Å²) in [6, 6.07) is 12.2. The Morgan fingerprint density at radius 1 is 1.08 bits per heavy atom. The van der Waals surface area contributed by atoms with Crippen LogP contribution in [0.4, 0.5) is 10.1 Å². The first-order valence-corrected chi connectivity index (χ1v) is 8.51. The molecule has 3 aromatic rings. The smallest absolute Gasteiger partial charge is 0.229 e. The van der Waals surface area contributed by atoms with E-state index in [1.807, 2.05) is 72.6 Å². The predicted octanol–water partition coefficient (Wildman–Crippen LogP) is 3.47. The molecule has 2 heterocycles. The molecule has 4 nitrogen and oxygen atoms in total. The summed E-state index contributed by atoms with van der Waals surface area (Å²) in [5.74, 6) is -0.223. The Hall–Kier alpha value is -2.95. The molecule has 3 rings (SSSR count). The zero-order valence-electron chi connectivity index (χ0n) is 15.5. The summed E-state index contributed by atoms with van der Waals surface area (Å²) < 4.78 is 17.0. The second kappa shape index (κ2) is 7.12. The van der Waals surface area contributed by atoms with Gasteiger partial charge in [0.2, 0.25) is 12.3 Å². The molecule has 0 atom stereocenters. The van der Waals surface area contributed by atoms with Crippen molar-refractivity contribution in [3.05, 3.63) is 77.6 Å². The average Bonchev–Trinajstić information content (AvgIpc) is 2.91. The highest BCUT2D eigenvalue weighted by Gasteiger charge is 2.20. The summed E-state index contributed by atoms with van der Waals surface area (Å²) in [4.78, 5) is 14.8. The molecule has 0 bridgehead atoms. The quantitative estimate of drug-likeness (QED) is 0.520. The molecule has 0 spiro atoms. The summed E-state index contributed by atoms with van der Waals surface area (Å²) in [6.07, 6.45) is 3.82. The van der Waals surface area contributed by atoms with Crippen molar-refractivity contribution in [2.75, 3.05) is 19.0 Å². The number of hydrogen-bond donors (Lipinski definition) is 0. The van der Waals surface area contributed by atoms with Gasteiger partial charge in [-0.15, -0.1) is 0 Å². The van der Waals surface area contributed by atoms with Gasteiger partial charge in [-0.2, -0.15) is 4.57 Å². The summed E-state index contributed by atoms with van der Waals surface area (Å²) in [7, 11) is 3.96. The van der Waals surface area contributed by atoms with Gasteiger partial charge in [0.25, 0.3) is 0 Å². The molecule has 134 valence electrons. The largest absolute Gasteiger partial charge is 0.377 e. The molecule has 0 N–H and O–H groups in total. The highest BCUT2D eigenvalue weighted by atomic mass is 19.1. The molecule has 0 amide bonds. The van der Waals surface area contributed by atoms with Crippen LogP contribution in [-0.2, 0) is 6.54 Å². The minimum atomic E-state index is -0.273. The van der Waals surface area contributed by atoms with Gasteiger partial charge in [0.1, 0.15) is 5.82 Å². The monoisotopic (exact) mass is 352 g/mol. The standard InChI is InChI=1S/C21H23FN3O/c1-15-13-20(16(2)25(15)19-7-5-17(22)6-8-19)21(26)14-24-11-9-18(10-12-24)23(3)4/h5-13H,14H2,1-4H3/q+1. The lowest BCUT2D eigenvalue weighted by Gasteiger charge is -2.10. The minimum Gasteiger partial charge on any atom is -0.377 e. The maximum Gasteiger partial charge on any atom is 0.229 e. The number of pyridine rings is 1. The lowest BCUT2D eigenvalue weighted by Crippen LogP contribution is -2.37. The Kier molecular flexibility index (Phi) is 4.89. The van der Waals surface area contributed by atoms with E-state index in [1.165, 1.54) is 12.1 Å². The first-order chi connectivity index (χ1) is 12.4. The molecule has 0 aliphatic carbocycles. The summed E-state index contributed by atoms with van der Waals surface area (Å²) >= 11 is 0. The lowest BCUT2D eigenvalue weighted by molar-refractivity contribution is -0.683. The minimum absolute atomic E-state index is 0.0501. The Morgan fingerprint density at radius 3 is 2.27 bits per heavy atom. The van der Waals surface area contributed by atoms with Crippen molar-refractivity contribution in [2.24, 2.45) is 0 Å². The number of aromatic nitrogens is 2. The fourth-order valence-corrected chi connectivity index (χ4v) is 3.14. The maximum atomic E-state index is 13.2. The van der Waals surface area contributed by atoms with Crippen molar-refractivity contribution >= 4 is 11.5 Å². The molecule has 5 heteroatoms. The van der Waals surface area contributed by atoms with E-state index in [0.717, 1.165) is 22.8 Å². The highest BCUT2D eigenvalue weighted by molar-refractivity contribution is 5.96. The third-order valence-electron chi connectivity index (χ3n) is 4.53. The molecule has 1 aromatic carbocycles. The Bertz CT molecular complexity index is 925. The summed E-state index contributed by atoms with van der Waals surface area (Å²) in [6.45, 7) is 4.15. The van der Waals surface area contributed by atoms with Gasteiger partial charge in [-0.1, -0.05) is 0 Å². The molecular formula is C21H23FN3O+. The van der Waals surface area contributed by atoms with Crippen LogP contribution in [0.25, 0.3) is 5.69 Å². The first-order valence-electron chi connectivity index (χ1n) is 8.51. The zero-order chi connectivity index (χ0) is 18.8. The number of hydrogen-bond acceptors (Lipinski definition) is 2. The molecule has 0 unspecified atom stereocenters. The third kappa shape index (κ3) is 3.52. The molecule has 0 saturated carbocycles. The normalized spacial score (nSPS) is 10.8. The number of rotatable bonds is 5. The molecular weight excluding hydrogens is 329 g/mol. The topological polar surface area (TPSA) is 29.1 Å². The van der Waals surface area contributed by atoms with Crippen LogP contribution in [0, 0.1) is 19.7 Å². The van der Waals surface area contributed by atoms with Crippen molar-refractivity contribution < 1.29 is 13.8 Å². The van der Waals surface area contributed by atoms with Gasteiger partial charge in [-0.3, -0.25) is 4.79 Å². The highest BCUT2D eigenvalue weighted by Crippen LogP contribution is 2.21. The Labute approximate surface area is 153 Å². The fraction of sp³-hybridized carbons (Fsp3) is 0.238. The van der Waals surface area contributed by atoms with Crippen LogP contribution in [0.5, 0.6) is 0 Å². The SMILES string of the molecule is Cc1cc(C(=O)C[n+]2ccc(N(C)C)cc2)c(C)n1-c1ccc(F)cc1. The van der Waals surface area contributed by atoms with Gasteiger partial charge in [0, 0.05) is 54.6 Å². The van der Waals surface area contributed by atoms with Gasteiger partial charge in [-0.05, 0) is 44.2 Å². The van der Waals surface area contributed by atoms with Crippen LogP contribution in [0.2, 0.25) is 0 Å². The van der Waals surface area contributed by atoms with Crippen molar-refractivity contribution in [3.8, 4) is 5.69 Å². The number of ketones is 1. The predicted molar refractivity (Wildman–Crippen MR) is 100 cm³/mol. The number of halogens is 1. The Balaban J connectivity index is 1.86. The molecule has 0 aliphatic heterocycles. The number of aryl methyl sites for hydroxylation is 1. The second-order valence-corrected chi connectivity index (χ2v) is 6.64. The number of anilines is 1. The van der Waals surface area contributed by atoms with Crippen molar-refractivity contribution in [1.82, 2.24) is 4.57 Å². The third-order valence-corrected chi connectivity index (χ3v) is 4.53. The van der Waals surface area contributed by atoms with Gasteiger partial charge in [-0.25, -0.2) is 4.39 Å². The van der Waals surface area contributed by atoms with E-state index in [9.17, 15) is 9.18 Å². The van der Waals surface area contributed by atoms with Crippen LogP contribution >= 0.6 is 0 Å². The van der Waals surface area contributed by atoms with E-state index in [4.69, 9.17) is 0 Å². The Morgan fingerprint density at radius 2 is 1.69 bits per heavy atom. The van der Waals surface area contributed by atoms with Crippen molar-refractivity contribution in [1.29, 1.82) is 0 Å². The van der Waals surface area contributed by atoms with Crippen LogP contribution in [0.15, 0.2) is 54.9 Å². The average molecular weight is 352 g/mol. The van der Waals surface area contributed by atoms with Crippen LogP contribution in [0.3, 0.4) is 0 Å². The summed E-state index contributed by atoms with van der Waals surface area (Å²) in [5.41, 5.74) is 4.44. The molecule has 2 aromatic heterocycles. The van der Waals surface area contributed by atoms with Gasteiger partial charge >= 0.3 is 0 Å². The number of nitrogens with zero attached hydrogens (tertiary/aromatic N) is 3. The van der Waals surface area contributed by atoms with Crippen LogP contribution in [0.1, 0.15) is 21.7 Å². The molecule has 0 saturated heterocycles. The van der Waals surface area contributed by atoms with E-state index in [2.05, 4.69) is 0 Å². The lowest BCUT2D eigenvalue weighted by atomic mass is 10.1. The molecule has 0 fully saturated rings. The number of carbonyl (C=O) groups is 1. The first kappa shape index (κ1) is 17.9. The molecule has 0 aliphatic rings. The van der Waals surface area contributed by atoms with Gasteiger partial charge < -0.3 is 9.47 Å². The van der Waals surface area contributed by atoms with Gasteiger partial charge in [0.15, 0.2) is 12.4 Å². The van der Waals surface area contributed by atoms with E-state index >= 15 is 0 Å². The zero-order valence-corrected chi connectivity index (χ0v) is 15.5. The van der Waals surface area contributed by atoms with Crippen molar-refractivity contribution in [2.45, 2.75) is 20.4 Å². The van der Waals surface area contributed by atoms with Crippen molar-refractivity contribution in [3.63, 3.8) is 0 Å². The van der Waals surface area contributed by atoms with Gasteiger partial charge in [0.05, 0.1) is 0 Å². The number of carbonyl (C=O) groups excluding carboxylic acids is 1. The second-order valence-electron chi connectivity index (χ2n) is 6.64. The van der Waals surface area contributed by atoms with E-state index in [1.54, 1.807) is 12.1 Å². The molecule has 0 radical (unpaired) electrons. The van der Waals surface area contributed by atoms with E-state index in [-0.39, 0.29) is 18.1 Å². The van der Waals surface area contributed by atoms with Crippen LogP contribution < -0.4 is 9.47 Å². The van der Waals surface area contributed by atoms with E-state index < -0.39 is 0 Å². The number of Topliss-reactive ketones (excluding diaryl/α,β-unsaturated/α-hetero) is 1. The summed E-state index contributed by atoms with van der Waals surface area (Å²) in [5, 5.41) is 0. The number of benzene rings is 1. The maximum absolute atomic E-state index is 13.2. The fourth-order valence-electron chi connectivity index (χ4n) is 3.14. The molecule has 26 heavy (non-hydrogen) atoms. The van der Waals surface area contributed by atoms with Crippen LogP contribution in [-0.4, -0.2) is 24.4 Å². The van der Waals surface area contributed by atoms with E-state index in [0.29, 0.717) is 5.56 Å².